The summed E-state index contributed by atoms with van der Waals surface area (Å²) in [5.74, 6) is -1.46. The highest BCUT2D eigenvalue weighted by molar-refractivity contribution is 5.87. The van der Waals surface area contributed by atoms with Crippen LogP contribution in [0.3, 0.4) is 0 Å². The highest BCUT2D eigenvalue weighted by Gasteiger charge is 2.33. The van der Waals surface area contributed by atoms with Crippen molar-refractivity contribution in [2.24, 2.45) is 0 Å². The number of rotatable bonds is 6. The van der Waals surface area contributed by atoms with Crippen LogP contribution in [0.2, 0.25) is 0 Å². The maximum atomic E-state index is 12.1. The molecule has 0 aliphatic carbocycles. The first-order chi connectivity index (χ1) is 10.0. The number of carbonyl (C=O) groups is 3. The standard InChI is InChI=1S/C12H21N3O6/c1-3-13-10(16)8-7-21-5-4-15(8)12(19)14-6-9(20-2)11(17)18/h8-9H,3-7H2,1-2H3,(H,13,16)(H,14,19)(H,17,18). The van der Waals surface area contributed by atoms with Crippen LogP contribution in [-0.2, 0) is 19.1 Å². The van der Waals surface area contributed by atoms with Gasteiger partial charge in [-0.15, -0.1) is 0 Å². The van der Waals surface area contributed by atoms with E-state index in [0.29, 0.717) is 13.2 Å². The van der Waals surface area contributed by atoms with Crippen molar-refractivity contribution in [3.8, 4) is 0 Å². The predicted octanol–water partition coefficient (Wildman–Crippen LogP) is -1.37. The minimum atomic E-state index is -1.17. The van der Waals surface area contributed by atoms with Crippen LogP contribution in [0, 0.1) is 0 Å². The Morgan fingerprint density at radius 2 is 2.14 bits per heavy atom. The highest BCUT2D eigenvalue weighted by atomic mass is 16.5. The zero-order valence-corrected chi connectivity index (χ0v) is 12.1. The molecular formula is C12H21N3O6. The van der Waals surface area contributed by atoms with Gasteiger partial charge in [0.25, 0.3) is 0 Å². The van der Waals surface area contributed by atoms with E-state index in [0.717, 1.165) is 0 Å². The minimum absolute atomic E-state index is 0.117. The summed E-state index contributed by atoms with van der Waals surface area (Å²) < 4.78 is 9.94. The third kappa shape index (κ3) is 4.87. The van der Waals surface area contributed by atoms with Crippen LogP contribution in [0.1, 0.15) is 6.92 Å². The van der Waals surface area contributed by atoms with Gasteiger partial charge in [-0.3, -0.25) is 4.79 Å². The van der Waals surface area contributed by atoms with Crippen LogP contribution in [0.4, 0.5) is 4.79 Å². The molecule has 0 bridgehead atoms. The Labute approximate surface area is 122 Å². The van der Waals surface area contributed by atoms with E-state index in [1.807, 2.05) is 0 Å². The lowest BCUT2D eigenvalue weighted by molar-refractivity contribution is -0.148. The van der Waals surface area contributed by atoms with Gasteiger partial charge in [-0.2, -0.15) is 0 Å². The van der Waals surface area contributed by atoms with E-state index in [1.165, 1.54) is 12.0 Å². The van der Waals surface area contributed by atoms with Crippen molar-refractivity contribution in [1.82, 2.24) is 15.5 Å². The van der Waals surface area contributed by atoms with Crippen molar-refractivity contribution in [3.63, 3.8) is 0 Å². The molecule has 3 N–H and O–H groups in total. The number of hydrogen-bond acceptors (Lipinski definition) is 5. The number of carbonyl (C=O) groups excluding carboxylic acids is 2. The largest absolute Gasteiger partial charge is 0.479 e. The molecule has 0 saturated carbocycles. The third-order valence-electron chi connectivity index (χ3n) is 3.04. The number of likely N-dealkylation sites (N-methyl/N-ethyl adjacent to an activating group) is 1. The molecule has 2 atom stereocenters. The molecule has 1 rings (SSSR count). The number of nitrogens with zero attached hydrogens (tertiary/aromatic N) is 1. The summed E-state index contributed by atoms with van der Waals surface area (Å²) in [7, 11) is 1.25. The van der Waals surface area contributed by atoms with E-state index < -0.39 is 24.1 Å². The first-order valence-corrected chi connectivity index (χ1v) is 6.66. The summed E-state index contributed by atoms with van der Waals surface area (Å²) in [6, 6.07) is -1.23. The number of morpholine rings is 1. The Morgan fingerprint density at radius 3 is 2.71 bits per heavy atom. The lowest BCUT2D eigenvalue weighted by Crippen LogP contribution is -2.59. The van der Waals surface area contributed by atoms with Crippen molar-refractivity contribution in [2.45, 2.75) is 19.1 Å². The number of nitrogens with one attached hydrogen (secondary N) is 2. The predicted molar refractivity (Wildman–Crippen MR) is 71.8 cm³/mol. The maximum absolute atomic E-state index is 12.1. The molecule has 0 aromatic carbocycles. The van der Waals surface area contributed by atoms with Crippen LogP contribution >= 0.6 is 0 Å². The third-order valence-corrected chi connectivity index (χ3v) is 3.04. The molecular weight excluding hydrogens is 282 g/mol. The van der Waals surface area contributed by atoms with E-state index in [-0.39, 0.29) is 25.6 Å². The van der Waals surface area contributed by atoms with Gasteiger partial charge in [0.05, 0.1) is 19.8 Å². The van der Waals surface area contributed by atoms with E-state index in [2.05, 4.69) is 10.6 Å². The van der Waals surface area contributed by atoms with Crippen LogP contribution in [0.15, 0.2) is 0 Å². The summed E-state index contributed by atoms with van der Waals surface area (Å²) in [6.45, 7) is 2.77. The molecule has 2 unspecified atom stereocenters. The molecule has 3 amide bonds. The van der Waals surface area contributed by atoms with Crippen LogP contribution in [-0.4, -0.2) is 80.0 Å². The molecule has 1 fully saturated rings. The molecule has 0 aromatic rings. The molecule has 9 nitrogen and oxygen atoms in total. The second-order valence-corrected chi connectivity index (χ2v) is 4.43. The van der Waals surface area contributed by atoms with Crippen molar-refractivity contribution in [1.29, 1.82) is 0 Å². The average molecular weight is 303 g/mol. The van der Waals surface area contributed by atoms with Gasteiger partial charge in [0.2, 0.25) is 5.91 Å². The summed E-state index contributed by atoms with van der Waals surface area (Å²) in [4.78, 5) is 36.1. The molecule has 1 aliphatic rings. The Balaban J connectivity index is 2.60. The number of ether oxygens (including phenoxy) is 2. The SMILES string of the molecule is CCNC(=O)C1COCCN1C(=O)NCC(OC)C(=O)O. The number of urea groups is 1. The van der Waals surface area contributed by atoms with Gasteiger partial charge in [0.15, 0.2) is 6.10 Å². The topological polar surface area (TPSA) is 117 Å². The summed E-state index contributed by atoms with van der Waals surface area (Å²) in [6.07, 6.45) is -1.13. The van der Waals surface area contributed by atoms with Crippen LogP contribution in [0.25, 0.3) is 0 Å². The smallest absolute Gasteiger partial charge is 0.334 e. The van der Waals surface area contributed by atoms with E-state index in [1.54, 1.807) is 6.92 Å². The molecule has 9 heteroatoms. The molecule has 1 heterocycles. The van der Waals surface area contributed by atoms with Crippen molar-refractivity contribution < 1.29 is 29.0 Å². The Hall–Kier alpha value is -1.87. The maximum Gasteiger partial charge on any atom is 0.334 e. The zero-order valence-electron chi connectivity index (χ0n) is 12.1. The lowest BCUT2D eigenvalue weighted by Gasteiger charge is -2.34. The fourth-order valence-corrected chi connectivity index (χ4v) is 1.91. The number of aliphatic carboxylic acids is 1. The fraction of sp³-hybridized carbons (Fsp3) is 0.750. The molecule has 0 aromatic heterocycles. The van der Waals surface area contributed by atoms with Gasteiger partial charge in [-0.1, -0.05) is 0 Å². The molecule has 1 aliphatic heterocycles. The normalized spacial score (nSPS) is 19.7. The fourth-order valence-electron chi connectivity index (χ4n) is 1.91. The first kappa shape index (κ1) is 17.2. The first-order valence-electron chi connectivity index (χ1n) is 6.66. The average Bonchev–Trinajstić information content (AvgIpc) is 2.47. The Morgan fingerprint density at radius 1 is 1.43 bits per heavy atom. The van der Waals surface area contributed by atoms with Gasteiger partial charge in [0.1, 0.15) is 6.04 Å². The lowest BCUT2D eigenvalue weighted by atomic mass is 10.2. The summed E-state index contributed by atoms with van der Waals surface area (Å²) >= 11 is 0. The van der Waals surface area contributed by atoms with Gasteiger partial charge >= 0.3 is 12.0 Å². The van der Waals surface area contributed by atoms with Gasteiger partial charge < -0.3 is 30.1 Å². The van der Waals surface area contributed by atoms with Crippen molar-refractivity contribution in [2.75, 3.05) is 40.0 Å². The number of hydrogen-bond donors (Lipinski definition) is 3. The number of carboxylic acids is 1. The number of methoxy groups -OCH3 is 1. The Kier molecular flexibility index (Phi) is 6.89. The van der Waals surface area contributed by atoms with Crippen LogP contribution < -0.4 is 10.6 Å². The second-order valence-electron chi connectivity index (χ2n) is 4.43. The monoisotopic (exact) mass is 303 g/mol. The quantitative estimate of drug-likeness (QED) is 0.557. The van der Waals surface area contributed by atoms with Crippen LogP contribution in [0.5, 0.6) is 0 Å². The minimum Gasteiger partial charge on any atom is -0.479 e. The number of amides is 3. The highest BCUT2D eigenvalue weighted by Crippen LogP contribution is 2.07. The molecule has 120 valence electrons. The van der Waals surface area contributed by atoms with E-state index >= 15 is 0 Å². The van der Waals surface area contributed by atoms with Gasteiger partial charge in [0, 0.05) is 20.2 Å². The van der Waals surface area contributed by atoms with Gasteiger partial charge in [-0.05, 0) is 6.92 Å². The molecule has 21 heavy (non-hydrogen) atoms. The van der Waals surface area contributed by atoms with Crippen molar-refractivity contribution >= 4 is 17.9 Å². The zero-order chi connectivity index (χ0) is 15.8. The molecule has 1 saturated heterocycles. The Bertz CT molecular complexity index is 389. The molecule has 0 radical (unpaired) electrons. The van der Waals surface area contributed by atoms with Crippen molar-refractivity contribution in [3.05, 3.63) is 0 Å². The number of carboxylic acid groups (broad SMARTS) is 1. The summed E-state index contributed by atoms with van der Waals surface area (Å²) in [5, 5.41) is 13.9. The van der Waals surface area contributed by atoms with E-state index in [9.17, 15) is 14.4 Å². The van der Waals surface area contributed by atoms with Gasteiger partial charge in [-0.25, -0.2) is 9.59 Å². The summed E-state index contributed by atoms with van der Waals surface area (Å²) in [5.41, 5.74) is 0. The molecule has 0 spiro atoms. The second kappa shape index (κ2) is 8.42. The van der Waals surface area contributed by atoms with E-state index in [4.69, 9.17) is 14.6 Å².